The van der Waals surface area contributed by atoms with Gasteiger partial charge in [0.15, 0.2) is 0 Å². The van der Waals surface area contributed by atoms with E-state index in [4.69, 9.17) is 4.74 Å². The Labute approximate surface area is 176 Å². The fourth-order valence-corrected chi connectivity index (χ4v) is 3.84. The molecule has 1 rings (SSSR count). The first-order chi connectivity index (χ1) is 14.0. The highest BCUT2D eigenvalue weighted by Gasteiger charge is 2.25. The van der Waals surface area contributed by atoms with E-state index in [0.29, 0.717) is 19.4 Å². The molecule has 0 radical (unpaired) electrons. The van der Waals surface area contributed by atoms with Gasteiger partial charge in [-0.2, -0.15) is 0 Å². The minimum Gasteiger partial charge on any atom is -0.462 e. The zero-order valence-electron chi connectivity index (χ0n) is 18.6. The second-order valence-corrected chi connectivity index (χ2v) is 8.31. The molecular formula is C23H42N2O4. The number of hydrogen-bond acceptors (Lipinski definition) is 4. The smallest absolute Gasteiger partial charge is 0.302 e. The fourth-order valence-electron chi connectivity index (χ4n) is 3.84. The van der Waals surface area contributed by atoms with Crippen LogP contribution in [0.5, 0.6) is 0 Å². The van der Waals surface area contributed by atoms with Gasteiger partial charge in [-0.25, -0.2) is 0 Å². The molecule has 0 spiro atoms. The minimum absolute atomic E-state index is 0.126. The third-order valence-corrected chi connectivity index (χ3v) is 5.50. The lowest BCUT2D eigenvalue weighted by molar-refractivity contribution is -0.148. The maximum Gasteiger partial charge on any atom is 0.302 e. The van der Waals surface area contributed by atoms with Crippen LogP contribution in [-0.2, 0) is 19.1 Å². The summed E-state index contributed by atoms with van der Waals surface area (Å²) in [4.78, 5) is 35.4. The molecule has 1 heterocycles. The molecule has 0 unspecified atom stereocenters. The van der Waals surface area contributed by atoms with Crippen LogP contribution in [0.3, 0.4) is 0 Å². The van der Waals surface area contributed by atoms with Crippen molar-refractivity contribution in [3.8, 4) is 0 Å². The maximum atomic E-state index is 12.3. The first kappa shape index (κ1) is 25.4. The topological polar surface area (TPSA) is 84.5 Å². The van der Waals surface area contributed by atoms with E-state index in [1.54, 1.807) is 0 Å². The summed E-state index contributed by atoms with van der Waals surface area (Å²) < 4.78 is 5.33. The van der Waals surface area contributed by atoms with Crippen molar-refractivity contribution < 1.29 is 19.1 Å². The highest BCUT2D eigenvalue weighted by molar-refractivity contribution is 5.88. The first-order valence-corrected chi connectivity index (χ1v) is 11.8. The van der Waals surface area contributed by atoms with Crippen LogP contribution in [0, 0.1) is 0 Å². The molecule has 168 valence electrons. The Kier molecular flexibility index (Phi) is 14.2. The maximum absolute atomic E-state index is 12.3. The van der Waals surface area contributed by atoms with Gasteiger partial charge in [-0.1, -0.05) is 71.1 Å². The number of unbranched alkanes of at least 4 members (excludes halogenated alkanes) is 10. The quantitative estimate of drug-likeness (QED) is 0.292. The molecule has 0 aromatic rings. The summed E-state index contributed by atoms with van der Waals surface area (Å²) in [7, 11) is 0. The van der Waals surface area contributed by atoms with Gasteiger partial charge in [0.25, 0.3) is 0 Å². The predicted molar refractivity (Wildman–Crippen MR) is 115 cm³/mol. The standard InChI is InChI=1S/C23H42N2O4/c1-3-4-5-6-7-8-9-10-11-12-13-15-20(29-19(2)26)18-22(27)25-21-16-14-17-24-23(21)28/h20-21H,3-18H2,1-2H3,(H,24,28)(H,25,27)/t20-,21-/m0/s1. The Bertz CT molecular complexity index is 481. The average molecular weight is 411 g/mol. The Morgan fingerprint density at radius 1 is 1.03 bits per heavy atom. The average Bonchev–Trinajstić information content (AvgIpc) is 2.67. The Hall–Kier alpha value is -1.59. The number of rotatable bonds is 16. The van der Waals surface area contributed by atoms with Crippen molar-refractivity contribution in [2.45, 2.75) is 122 Å². The number of amides is 2. The summed E-state index contributed by atoms with van der Waals surface area (Å²) in [6, 6.07) is -0.462. The highest BCUT2D eigenvalue weighted by atomic mass is 16.5. The molecule has 0 aliphatic carbocycles. The van der Waals surface area contributed by atoms with Gasteiger partial charge in [0.05, 0.1) is 6.42 Å². The summed E-state index contributed by atoms with van der Waals surface area (Å²) in [5.41, 5.74) is 0. The molecule has 0 saturated carbocycles. The fraction of sp³-hybridized carbons (Fsp3) is 0.870. The van der Waals surface area contributed by atoms with Crippen LogP contribution < -0.4 is 10.6 Å². The molecule has 0 bridgehead atoms. The van der Waals surface area contributed by atoms with E-state index in [1.165, 1.54) is 64.7 Å². The number of carbonyl (C=O) groups excluding carboxylic acids is 3. The summed E-state index contributed by atoms with van der Waals surface area (Å²) in [6.45, 7) is 4.29. The van der Waals surface area contributed by atoms with Gasteiger partial charge in [-0.3, -0.25) is 14.4 Å². The monoisotopic (exact) mass is 410 g/mol. The van der Waals surface area contributed by atoms with Gasteiger partial charge < -0.3 is 15.4 Å². The lowest BCUT2D eigenvalue weighted by Gasteiger charge is -2.24. The lowest BCUT2D eigenvalue weighted by Crippen LogP contribution is -2.50. The number of carbonyl (C=O) groups is 3. The van der Waals surface area contributed by atoms with Crippen LogP contribution in [0.4, 0.5) is 0 Å². The van der Waals surface area contributed by atoms with Crippen LogP contribution in [0.25, 0.3) is 0 Å². The lowest BCUT2D eigenvalue weighted by atomic mass is 10.0. The number of ether oxygens (including phenoxy) is 1. The Morgan fingerprint density at radius 2 is 1.62 bits per heavy atom. The molecule has 0 aromatic heterocycles. The second kappa shape index (κ2) is 16.2. The van der Waals surface area contributed by atoms with Gasteiger partial charge in [0, 0.05) is 13.5 Å². The SMILES string of the molecule is CCCCCCCCCCCCC[C@@H](CC(=O)N[C@H]1CCCNC1=O)OC(C)=O. The van der Waals surface area contributed by atoms with Crippen molar-refractivity contribution >= 4 is 17.8 Å². The van der Waals surface area contributed by atoms with Crippen LogP contribution >= 0.6 is 0 Å². The normalized spacial score (nSPS) is 17.4. The Balaban J connectivity index is 2.15. The van der Waals surface area contributed by atoms with Crippen molar-refractivity contribution in [1.82, 2.24) is 10.6 Å². The molecule has 0 aromatic carbocycles. The highest BCUT2D eigenvalue weighted by Crippen LogP contribution is 2.15. The van der Waals surface area contributed by atoms with E-state index >= 15 is 0 Å². The molecule has 2 N–H and O–H groups in total. The summed E-state index contributed by atoms with van der Waals surface area (Å²) in [5, 5.41) is 5.53. The molecule has 6 heteroatoms. The van der Waals surface area contributed by atoms with E-state index in [0.717, 1.165) is 19.3 Å². The van der Waals surface area contributed by atoms with E-state index < -0.39 is 12.1 Å². The molecule has 2 atom stereocenters. The van der Waals surface area contributed by atoms with Crippen molar-refractivity contribution in [1.29, 1.82) is 0 Å². The number of nitrogens with one attached hydrogen (secondary N) is 2. The van der Waals surface area contributed by atoms with Crippen LogP contribution in [0.2, 0.25) is 0 Å². The molecular weight excluding hydrogens is 368 g/mol. The van der Waals surface area contributed by atoms with Crippen LogP contribution in [0.15, 0.2) is 0 Å². The van der Waals surface area contributed by atoms with Crippen molar-refractivity contribution in [2.75, 3.05) is 6.54 Å². The number of piperidine rings is 1. The van der Waals surface area contributed by atoms with Gasteiger partial charge >= 0.3 is 5.97 Å². The van der Waals surface area contributed by atoms with E-state index in [-0.39, 0.29) is 24.2 Å². The van der Waals surface area contributed by atoms with Gasteiger partial charge in [-0.15, -0.1) is 0 Å². The number of hydrogen-bond donors (Lipinski definition) is 2. The van der Waals surface area contributed by atoms with Gasteiger partial charge in [-0.05, 0) is 25.7 Å². The molecule has 2 amide bonds. The van der Waals surface area contributed by atoms with Crippen molar-refractivity contribution in [3.63, 3.8) is 0 Å². The number of esters is 1. The molecule has 1 saturated heterocycles. The third kappa shape index (κ3) is 13.3. The molecule has 1 aliphatic heterocycles. The summed E-state index contributed by atoms with van der Waals surface area (Å²) in [6.07, 6.45) is 15.8. The van der Waals surface area contributed by atoms with Crippen LogP contribution in [-0.4, -0.2) is 36.5 Å². The Morgan fingerprint density at radius 3 is 2.17 bits per heavy atom. The largest absolute Gasteiger partial charge is 0.462 e. The zero-order valence-corrected chi connectivity index (χ0v) is 18.6. The first-order valence-electron chi connectivity index (χ1n) is 11.8. The van der Waals surface area contributed by atoms with Crippen molar-refractivity contribution in [3.05, 3.63) is 0 Å². The predicted octanol–water partition coefficient (Wildman–Crippen LogP) is 4.40. The van der Waals surface area contributed by atoms with E-state index in [2.05, 4.69) is 17.6 Å². The molecule has 6 nitrogen and oxygen atoms in total. The zero-order chi connectivity index (χ0) is 21.3. The van der Waals surface area contributed by atoms with Gasteiger partial charge in [0.2, 0.25) is 11.8 Å². The molecule has 1 aliphatic rings. The minimum atomic E-state index is -0.462. The molecule has 29 heavy (non-hydrogen) atoms. The van der Waals surface area contributed by atoms with Crippen LogP contribution in [0.1, 0.15) is 110 Å². The molecule has 1 fully saturated rings. The van der Waals surface area contributed by atoms with E-state index in [1.807, 2.05) is 0 Å². The van der Waals surface area contributed by atoms with E-state index in [9.17, 15) is 14.4 Å². The second-order valence-electron chi connectivity index (χ2n) is 8.31. The van der Waals surface area contributed by atoms with Gasteiger partial charge in [0.1, 0.15) is 12.1 Å². The third-order valence-electron chi connectivity index (χ3n) is 5.50. The van der Waals surface area contributed by atoms with Crippen molar-refractivity contribution in [2.24, 2.45) is 0 Å². The summed E-state index contributed by atoms with van der Waals surface area (Å²) in [5.74, 6) is -0.707. The summed E-state index contributed by atoms with van der Waals surface area (Å²) >= 11 is 0.